The van der Waals surface area contributed by atoms with Gasteiger partial charge in [0.25, 0.3) is 0 Å². The smallest absolute Gasteiger partial charge is 0.387 e. The molecule has 1 saturated carbocycles. The Morgan fingerprint density at radius 1 is 1.43 bits per heavy atom. The fourth-order valence-electron chi connectivity index (χ4n) is 2.17. The molecule has 1 fully saturated rings. The summed E-state index contributed by atoms with van der Waals surface area (Å²) in [5.41, 5.74) is 0.793. The van der Waals surface area contributed by atoms with Crippen molar-refractivity contribution in [1.82, 2.24) is 4.90 Å². The largest absolute Gasteiger partial charge is 0.493 e. The first-order chi connectivity index (χ1) is 9.99. The molecule has 0 bridgehead atoms. The molecule has 0 atom stereocenters. The summed E-state index contributed by atoms with van der Waals surface area (Å²) in [5, 5.41) is 8.91. The zero-order chi connectivity index (χ0) is 15.4. The third kappa shape index (κ3) is 4.56. The van der Waals surface area contributed by atoms with Crippen molar-refractivity contribution in [1.29, 1.82) is 0 Å². The summed E-state index contributed by atoms with van der Waals surface area (Å²) in [6, 6.07) is 4.92. The van der Waals surface area contributed by atoms with Crippen LogP contribution in [0.1, 0.15) is 18.4 Å². The molecular weight excluding hydrogens is 284 g/mol. The van der Waals surface area contributed by atoms with Crippen molar-refractivity contribution in [2.75, 3.05) is 13.7 Å². The second-order valence-corrected chi connectivity index (χ2v) is 4.89. The summed E-state index contributed by atoms with van der Waals surface area (Å²) >= 11 is 0. The highest BCUT2D eigenvalue weighted by Gasteiger charge is 2.30. The lowest BCUT2D eigenvalue weighted by Crippen LogP contribution is -2.31. The van der Waals surface area contributed by atoms with E-state index in [1.807, 2.05) is 4.90 Å². The molecule has 2 rings (SSSR count). The summed E-state index contributed by atoms with van der Waals surface area (Å²) in [6.45, 7) is -2.52. The minimum absolute atomic E-state index is 0.0348. The fourth-order valence-corrected chi connectivity index (χ4v) is 2.17. The van der Waals surface area contributed by atoms with Gasteiger partial charge in [0.2, 0.25) is 0 Å². The zero-order valence-electron chi connectivity index (χ0n) is 11.6. The van der Waals surface area contributed by atoms with Crippen LogP contribution in [0.2, 0.25) is 0 Å². The van der Waals surface area contributed by atoms with Gasteiger partial charge < -0.3 is 14.6 Å². The van der Waals surface area contributed by atoms with Gasteiger partial charge in [-0.1, -0.05) is 6.07 Å². The zero-order valence-corrected chi connectivity index (χ0v) is 11.6. The third-order valence-electron chi connectivity index (χ3n) is 3.23. The van der Waals surface area contributed by atoms with Crippen LogP contribution in [-0.4, -0.2) is 42.3 Å². The first kappa shape index (κ1) is 15.5. The van der Waals surface area contributed by atoms with Crippen molar-refractivity contribution < 1.29 is 28.2 Å². The Morgan fingerprint density at radius 2 is 2.14 bits per heavy atom. The van der Waals surface area contributed by atoms with Gasteiger partial charge in [-0.2, -0.15) is 8.78 Å². The molecule has 0 unspecified atom stereocenters. The van der Waals surface area contributed by atoms with Crippen molar-refractivity contribution in [2.24, 2.45) is 0 Å². The SMILES string of the molecule is COc1cc(CN(CC(=O)O)C2CC2)ccc1OC(F)F. The van der Waals surface area contributed by atoms with Crippen LogP contribution in [0, 0.1) is 0 Å². The minimum atomic E-state index is -2.92. The summed E-state index contributed by atoms with van der Waals surface area (Å²) in [7, 11) is 1.37. The third-order valence-corrected chi connectivity index (χ3v) is 3.23. The van der Waals surface area contributed by atoms with Crippen LogP contribution in [0.25, 0.3) is 0 Å². The Balaban J connectivity index is 2.10. The summed E-state index contributed by atoms with van der Waals surface area (Å²) in [5.74, 6) is -0.710. The van der Waals surface area contributed by atoms with Gasteiger partial charge in [-0.3, -0.25) is 9.69 Å². The molecule has 5 nitrogen and oxygen atoms in total. The highest BCUT2D eigenvalue weighted by atomic mass is 19.3. The Kier molecular flexibility index (Phi) is 4.95. The Hall–Kier alpha value is -1.89. The Morgan fingerprint density at radius 3 is 2.67 bits per heavy atom. The van der Waals surface area contributed by atoms with Crippen LogP contribution in [-0.2, 0) is 11.3 Å². The number of rotatable bonds is 8. The maximum absolute atomic E-state index is 12.3. The first-order valence-electron chi connectivity index (χ1n) is 6.57. The lowest BCUT2D eigenvalue weighted by Gasteiger charge is -2.20. The van der Waals surface area contributed by atoms with Gasteiger partial charge in [0, 0.05) is 12.6 Å². The van der Waals surface area contributed by atoms with Gasteiger partial charge in [0.05, 0.1) is 13.7 Å². The van der Waals surface area contributed by atoms with Crippen molar-refractivity contribution in [3.05, 3.63) is 23.8 Å². The van der Waals surface area contributed by atoms with Gasteiger partial charge in [-0.25, -0.2) is 0 Å². The van der Waals surface area contributed by atoms with Crippen LogP contribution in [0.3, 0.4) is 0 Å². The average molecular weight is 301 g/mol. The molecule has 0 radical (unpaired) electrons. The normalized spacial score (nSPS) is 14.5. The van der Waals surface area contributed by atoms with Gasteiger partial charge >= 0.3 is 12.6 Å². The molecule has 116 valence electrons. The number of alkyl halides is 2. The number of carbonyl (C=O) groups is 1. The number of benzene rings is 1. The predicted octanol–water partition coefficient (Wildman–Crippen LogP) is 2.35. The van der Waals surface area contributed by atoms with Crippen LogP contribution in [0.15, 0.2) is 18.2 Å². The molecule has 0 spiro atoms. The van der Waals surface area contributed by atoms with E-state index >= 15 is 0 Å². The number of carboxylic acid groups (broad SMARTS) is 1. The lowest BCUT2D eigenvalue weighted by molar-refractivity contribution is -0.138. The molecule has 0 heterocycles. The molecule has 1 aliphatic carbocycles. The molecule has 1 aromatic rings. The van der Waals surface area contributed by atoms with Gasteiger partial charge in [0.15, 0.2) is 11.5 Å². The minimum Gasteiger partial charge on any atom is -0.493 e. The maximum Gasteiger partial charge on any atom is 0.387 e. The van der Waals surface area contributed by atoms with E-state index in [1.54, 1.807) is 12.1 Å². The summed E-state index contributed by atoms with van der Waals surface area (Å²) in [4.78, 5) is 12.7. The van der Waals surface area contributed by atoms with E-state index in [-0.39, 0.29) is 24.1 Å². The van der Waals surface area contributed by atoms with E-state index in [1.165, 1.54) is 13.2 Å². The fraction of sp³-hybridized carbons (Fsp3) is 0.500. The number of ether oxygens (including phenoxy) is 2. The number of methoxy groups -OCH3 is 1. The first-order valence-corrected chi connectivity index (χ1v) is 6.57. The highest BCUT2D eigenvalue weighted by Crippen LogP contribution is 2.32. The van der Waals surface area contributed by atoms with Crippen molar-refractivity contribution in [3.8, 4) is 11.5 Å². The second kappa shape index (κ2) is 6.71. The molecule has 21 heavy (non-hydrogen) atoms. The highest BCUT2D eigenvalue weighted by molar-refractivity contribution is 5.69. The maximum atomic E-state index is 12.3. The van der Waals surface area contributed by atoms with Crippen LogP contribution < -0.4 is 9.47 Å². The van der Waals surface area contributed by atoms with E-state index in [2.05, 4.69) is 4.74 Å². The molecule has 0 saturated heterocycles. The summed E-state index contributed by atoms with van der Waals surface area (Å²) < 4.78 is 33.9. The Labute approximate surface area is 121 Å². The number of hydrogen-bond acceptors (Lipinski definition) is 4. The van der Waals surface area contributed by atoms with Gasteiger partial charge in [-0.15, -0.1) is 0 Å². The standard InChI is InChI=1S/C14H17F2NO4/c1-20-12-6-9(2-5-11(12)21-14(15)16)7-17(8-13(18)19)10-3-4-10/h2,5-6,10,14H,3-4,7-8H2,1H3,(H,18,19). The molecule has 1 N–H and O–H groups in total. The van der Waals surface area contributed by atoms with Crippen LogP contribution in [0.5, 0.6) is 11.5 Å². The number of nitrogens with zero attached hydrogens (tertiary/aromatic N) is 1. The van der Waals surface area contributed by atoms with Crippen molar-refractivity contribution in [3.63, 3.8) is 0 Å². The second-order valence-electron chi connectivity index (χ2n) is 4.89. The number of carboxylic acids is 1. The predicted molar refractivity (Wildman–Crippen MR) is 70.7 cm³/mol. The van der Waals surface area contributed by atoms with Crippen LogP contribution >= 0.6 is 0 Å². The molecule has 0 amide bonds. The van der Waals surface area contributed by atoms with Crippen molar-refractivity contribution >= 4 is 5.97 Å². The van der Waals surface area contributed by atoms with Gasteiger partial charge in [0.1, 0.15) is 0 Å². The topological polar surface area (TPSA) is 59.0 Å². The lowest BCUT2D eigenvalue weighted by atomic mass is 10.2. The van der Waals surface area contributed by atoms with E-state index in [0.29, 0.717) is 6.54 Å². The molecule has 0 aliphatic heterocycles. The number of aliphatic carboxylic acids is 1. The number of halogens is 2. The average Bonchev–Trinajstić information content (AvgIpc) is 3.23. The molecule has 1 aliphatic rings. The monoisotopic (exact) mass is 301 g/mol. The molecule has 7 heteroatoms. The molecule has 0 aromatic heterocycles. The molecule has 1 aromatic carbocycles. The Bertz CT molecular complexity index is 506. The van der Waals surface area contributed by atoms with E-state index in [0.717, 1.165) is 18.4 Å². The van der Waals surface area contributed by atoms with E-state index in [4.69, 9.17) is 9.84 Å². The van der Waals surface area contributed by atoms with E-state index < -0.39 is 12.6 Å². The summed E-state index contributed by atoms with van der Waals surface area (Å²) in [6.07, 6.45) is 1.97. The quantitative estimate of drug-likeness (QED) is 0.798. The van der Waals surface area contributed by atoms with Crippen molar-refractivity contribution in [2.45, 2.75) is 32.0 Å². The molecular formula is C14H17F2NO4. The van der Waals surface area contributed by atoms with Crippen LogP contribution in [0.4, 0.5) is 8.78 Å². The van der Waals surface area contributed by atoms with Gasteiger partial charge in [-0.05, 0) is 30.5 Å². The number of hydrogen-bond donors (Lipinski definition) is 1. The van der Waals surface area contributed by atoms with E-state index in [9.17, 15) is 13.6 Å².